The predicted octanol–water partition coefficient (Wildman–Crippen LogP) is 2.32. The molecule has 0 radical (unpaired) electrons. The molecule has 2 aromatic rings. The summed E-state index contributed by atoms with van der Waals surface area (Å²) in [6.45, 7) is 1.65. The fourth-order valence-corrected chi connectivity index (χ4v) is 2.19. The molecule has 0 fully saturated rings. The lowest BCUT2D eigenvalue weighted by Gasteiger charge is -2.13. The highest BCUT2D eigenvalue weighted by atomic mass is 16.5. The molecule has 0 saturated carbocycles. The van der Waals surface area contributed by atoms with E-state index in [1.165, 1.54) is 6.20 Å². The van der Waals surface area contributed by atoms with E-state index in [1.54, 1.807) is 44.7 Å². The van der Waals surface area contributed by atoms with E-state index < -0.39 is 0 Å². The lowest BCUT2D eigenvalue weighted by Crippen LogP contribution is -2.21. The van der Waals surface area contributed by atoms with E-state index in [4.69, 9.17) is 9.47 Å². The van der Waals surface area contributed by atoms with Crippen molar-refractivity contribution in [1.29, 1.82) is 0 Å². The van der Waals surface area contributed by atoms with Gasteiger partial charge in [0.1, 0.15) is 11.5 Å². The zero-order valence-corrected chi connectivity index (χ0v) is 15.0. The monoisotopic (exact) mass is 344 g/mol. The van der Waals surface area contributed by atoms with Crippen molar-refractivity contribution in [2.45, 2.75) is 0 Å². The fourth-order valence-electron chi connectivity index (χ4n) is 2.19. The van der Waals surface area contributed by atoms with Crippen LogP contribution in [0.4, 0.5) is 11.4 Å². The number of rotatable bonds is 8. The molecule has 1 heterocycles. The number of nitrogens with one attached hydrogen (secondary N) is 2. The second kappa shape index (κ2) is 8.89. The van der Waals surface area contributed by atoms with Gasteiger partial charge in [0.25, 0.3) is 5.91 Å². The molecule has 1 aromatic heterocycles. The molecular weight excluding hydrogens is 320 g/mol. The minimum absolute atomic E-state index is 0.268. The van der Waals surface area contributed by atoms with Crippen LogP contribution in [0.2, 0.25) is 0 Å². The smallest absolute Gasteiger partial charge is 0.257 e. The number of nitrogens with zero attached hydrogens (tertiary/aromatic N) is 2. The Morgan fingerprint density at radius 2 is 1.96 bits per heavy atom. The van der Waals surface area contributed by atoms with Crippen LogP contribution in [0.5, 0.6) is 11.5 Å². The Balaban J connectivity index is 2.10. The van der Waals surface area contributed by atoms with Gasteiger partial charge in [-0.3, -0.25) is 9.78 Å². The SMILES string of the molecule is COc1ccc(OC)c(NC(=O)c2cncc(NCCN(C)C)c2)c1. The summed E-state index contributed by atoms with van der Waals surface area (Å²) in [5.41, 5.74) is 1.80. The number of anilines is 2. The van der Waals surface area contributed by atoms with Gasteiger partial charge in [0, 0.05) is 31.5 Å². The number of carbonyl (C=O) groups excluding carboxylic acids is 1. The van der Waals surface area contributed by atoms with Crippen LogP contribution in [0.25, 0.3) is 0 Å². The van der Waals surface area contributed by atoms with E-state index in [1.807, 2.05) is 14.1 Å². The average Bonchev–Trinajstić information content (AvgIpc) is 2.61. The number of methoxy groups -OCH3 is 2. The number of amides is 1. The predicted molar refractivity (Wildman–Crippen MR) is 98.8 cm³/mol. The van der Waals surface area contributed by atoms with Crippen LogP contribution in [-0.4, -0.2) is 57.2 Å². The number of pyridine rings is 1. The molecular formula is C18H24N4O3. The minimum atomic E-state index is -0.268. The van der Waals surface area contributed by atoms with Gasteiger partial charge in [-0.2, -0.15) is 0 Å². The van der Waals surface area contributed by atoms with Crippen molar-refractivity contribution in [2.75, 3.05) is 52.0 Å². The first-order chi connectivity index (χ1) is 12.0. The van der Waals surface area contributed by atoms with Gasteiger partial charge in [-0.05, 0) is 32.3 Å². The average molecular weight is 344 g/mol. The highest BCUT2D eigenvalue weighted by Gasteiger charge is 2.12. The van der Waals surface area contributed by atoms with Gasteiger partial charge in [-0.15, -0.1) is 0 Å². The van der Waals surface area contributed by atoms with Crippen molar-refractivity contribution in [3.63, 3.8) is 0 Å². The summed E-state index contributed by atoms with van der Waals surface area (Å²) in [4.78, 5) is 18.7. The third-order valence-corrected chi connectivity index (χ3v) is 3.54. The lowest BCUT2D eigenvalue weighted by atomic mass is 10.2. The largest absolute Gasteiger partial charge is 0.497 e. The first-order valence-corrected chi connectivity index (χ1v) is 7.90. The lowest BCUT2D eigenvalue weighted by molar-refractivity contribution is 0.102. The normalized spacial score (nSPS) is 10.4. The second-order valence-corrected chi connectivity index (χ2v) is 5.71. The molecule has 2 N–H and O–H groups in total. The van der Waals surface area contributed by atoms with Crippen LogP contribution in [0.15, 0.2) is 36.7 Å². The molecule has 7 nitrogen and oxygen atoms in total. The summed E-state index contributed by atoms with van der Waals surface area (Å²) in [5.74, 6) is 0.922. The fraction of sp³-hybridized carbons (Fsp3) is 0.333. The summed E-state index contributed by atoms with van der Waals surface area (Å²) in [6.07, 6.45) is 3.22. The second-order valence-electron chi connectivity index (χ2n) is 5.71. The molecule has 0 aliphatic carbocycles. The number of likely N-dealkylation sites (N-methyl/N-ethyl adjacent to an activating group) is 1. The molecule has 0 unspecified atom stereocenters. The van der Waals surface area contributed by atoms with E-state index in [2.05, 4.69) is 20.5 Å². The van der Waals surface area contributed by atoms with Crippen molar-refractivity contribution in [2.24, 2.45) is 0 Å². The topological polar surface area (TPSA) is 75.7 Å². The quantitative estimate of drug-likeness (QED) is 0.765. The van der Waals surface area contributed by atoms with E-state index >= 15 is 0 Å². The third-order valence-electron chi connectivity index (χ3n) is 3.54. The van der Waals surface area contributed by atoms with Gasteiger partial charge >= 0.3 is 0 Å². The van der Waals surface area contributed by atoms with Gasteiger partial charge < -0.3 is 25.0 Å². The van der Waals surface area contributed by atoms with Crippen LogP contribution in [0, 0.1) is 0 Å². The van der Waals surface area contributed by atoms with Crippen molar-refractivity contribution in [3.05, 3.63) is 42.2 Å². The zero-order chi connectivity index (χ0) is 18.2. The molecule has 0 atom stereocenters. The summed E-state index contributed by atoms with van der Waals surface area (Å²) in [6, 6.07) is 6.99. The molecule has 0 aliphatic rings. The molecule has 0 saturated heterocycles. The van der Waals surface area contributed by atoms with Crippen LogP contribution < -0.4 is 20.1 Å². The number of ether oxygens (including phenoxy) is 2. The summed E-state index contributed by atoms with van der Waals surface area (Å²) in [5, 5.41) is 6.08. The Kier molecular flexibility index (Phi) is 6.59. The van der Waals surface area contributed by atoms with Crippen LogP contribution in [0.1, 0.15) is 10.4 Å². The van der Waals surface area contributed by atoms with Gasteiger partial charge in [-0.25, -0.2) is 0 Å². The molecule has 1 amide bonds. The molecule has 134 valence electrons. The Labute approximate surface area is 148 Å². The number of aromatic nitrogens is 1. The summed E-state index contributed by atoms with van der Waals surface area (Å²) < 4.78 is 10.5. The molecule has 2 rings (SSSR count). The van der Waals surface area contributed by atoms with E-state index in [-0.39, 0.29) is 5.91 Å². The molecule has 7 heteroatoms. The third kappa shape index (κ3) is 5.36. The minimum Gasteiger partial charge on any atom is -0.497 e. The summed E-state index contributed by atoms with van der Waals surface area (Å²) in [7, 11) is 7.13. The maximum absolute atomic E-state index is 12.5. The van der Waals surface area contributed by atoms with Crippen molar-refractivity contribution in [3.8, 4) is 11.5 Å². The highest BCUT2D eigenvalue weighted by molar-refractivity contribution is 6.05. The highest BCUT2D eigenvalue weighted by Crippen LogP contribution is 2.29. The summed E-state index contributed by atoms with van der Waals surface area (Å²) >= 11 is 0. The number of benzene rings is 1. The van der Waals surface area contributed by atoms with E-state index in [0.717, 1.165) is 18.8 Å². The molecule has 1 aromatic carbocycles. The number of carbonyl (C=O) groups is 1. The van der Waals surface area contributed by atoms with Gasteiger partial charge in [0.2, 0.25) is 0 Å². The van der Waals surface area contributed by atoms with Gasteiger partial charge in [-0.1, -0.05) is 0 Å². The number of hydrogen-bond donors (Lipinski definition) is 2. The Morgan fingerprint density at radius 3 is 2.64 bits per heavy atom. The molecule has 0 bridgehead atoms. The van der Waals surface area contributed by atoms with Crippen molar-refractivity contribution in [1.82, 2.24) is 9.88 Å². The number of hydrogen-bond acceptors (Lipinski definition) is 6. The first-order valence-electron chi connectivity index (χ1n) is 7.90. The van der Waals surface area contributed by atoms with E-state index in [9.17, 15) is 4.79 Å². The molecule has 0 aliphatic heterocycles. The standard InChI is InChI=1S/C18H24N4O3/c1-22(2)8-7-20-14-9-13(11-19-12-14)18(23)21-16-10-15(24-3)5-6-17(16)25-4/h5-6,9-12,20H,7-8H2,1-4H3,(H,21,23). The van der Waals surface area contributed by atoms with E-state index in [0.29, 0.717) is 22.7 Å². The van der Waals surface area contributed by atoms with Crippen molar-refractivity contribution < 1.29 is 14.3 Å². The van der Waals surface area contributed by atoms with Crippen LogP contribution >= 0.6 is 0 Å². The zero-order valence-electron chi connectivity index (χ0n) is 15.0. The first kappa shape index (κ1) is 18.5. The maximum Gasteiger partial charge on any atom is 0.257 e. The Morgan fingerprint density at radius 1 is 1.16 bits per heavy atom. The van der Waals surface area contributed by atoms with Gasteiger partial charge in [0.15, 0.2) is 0 Å². The van der Waals surface area contributed by atoms with Crippen molar-refractivity contribution >= 4 is 17.3 Å². The molecule has 25 heavy (non-hydrogen) atoms. The Hall–Kier alpha value is -2.80. The maximum atomic E-state index is 12.5. The van der Waals surface area contributed by atoms with Crippen LogP contribution in [-0.2, 0) is 0 Å². The molecule has 0 spiro atoms. The Bertz CT molecular complexity index is 719. The van der Waals surface area contributed by atoms with Crippen LogP contribution in [0.3, 0.4) is 0 Å². The van der Waals surface area contributed by atoms with Gasteiger partial charge in [0.05, 0.1) is 31.2 Å².